The topological polar surface area (TPSA) is 120 Å². The zero-order valence-electron chi connectivity index (χ0n) is 24.6. The maximum absolute atomic E-state index is 13.2. The Kier molecular flexibility index (Phi) is 9.25. The smallest absolute Gasteiger partial charge is 0.360 e. The number of nitrogens with zero attached hydrogens (tertiary/aromatic N) is 1. The summed E-state index contributed by atoms with van der Waals surface area (Å²) >= 11 is 0. The molecule has 0 spiro atoms. The number of methoxy groups -OCH3 is 1. The summed E-state index contributed by atoms with van der Waals surface area (Å²) in [6.45, 7) is 4.61. The Bertz CT molecular complexity index is 1730. The number of hydrogen-bond acceptors (Lipinski definition) is 7. The van der Waals surface area contributed by atoms with E-state index >= 15 is 0 Å². The summed E-state index contributed by atoms with van der Waals surface area (Å²) in [4.78, 5) is 25.4. The van der Waals surface area contributed by atoms with Crippen molar-refractivity contribution >= 4 is 17.6 Å². The van der Waals surface area contributed by atoms with Crippen molar-refractivity contribution in [3.63, 3.8) is 0 Å². The van der Waals surface area contributed by atoms with Crippen molar-refractivity contribution in [1.29, 1.82) is 0 Å². The largest absolute Gasteiger partial charge is 0.497 e. The highest BCUT2D eigenvalue weighted by atomic mass is 16.5. The highest BCUT2D eigenvalue weighted by Gasteiger charge is 2.28. The van der Waals surface area contributed by atoms with Gasteiger partial charge >= 0.3 is 5.97 Å². The van der Waals surface area contributed by atoms with Crippen LogP contribution in [0.1, 0.15) is 57.3 Å². The molecule has 0 radical (unpaired) electrons. The van der Waals surface area contributed by atoms with Gasteiger partial charge in [-0.2, -0.15) is 0 Å². The van der Waals surface area contributed by atoms with Gasteiger partial charge in [0.2, 0.25) is 5.69 Å². The lowest BCUT2D eigenvalue weighted by molar-refractivity contribution is 0.0687. The van der Waals surface area contributed by atoms with Crippen molar-refractivity contribution in [2.24, 2.45) is 0 Å². The molecule has 0 fully saturated rings. The molecule has 224 valence electrons. The third-order valence-corrected chi connectivity index (χ3v) is 6.94. The number of carbonyl (C=O) groups excluding carboxylic acids is 1. The number of aromatic carboxylic acids is 1. The zero-order chi connectivity index (χ0) is 31.1. The van der Waals surface area contributed by atoms with Crippen LogP contribution in [0.5, 0.6) is 17.2 Å². The minimum atomic E-state index is -1.36. The molecular weight excluding hydrogens is 560 g/mol. The number of rotatable bonds is 12. The van der Waals surface area contributed by atoms with Crippen LogP contribution in [-0.4, -0.2) is 29.2 Å². The van der Waals surface area contributed by atoms with Gasteiger partial charge in [-0.15, -0.1) is 0 Å². The van der Waals surface area contributed by atoms with Gasteiger partial charge in [-0.1, -0.05) is 79.7 Å². The van der Waals surface area contributed by atoms with E-state index < -0.39 is 17.6 Å². The molecular formula is C35H32N2O7. The van der Waals surface area contributed by atoms with Crippen LogP contribution in [0, 0.1) is 0 Å². The molecule has 0 aliphatic heterocycles. The Morgan fingerprint density at radius 1 is 0.841 bits per heavy atom. The molecule has 1 heterocycles. The van der Waals surface area contributed by atoms with Crippen molar-refractivity contribution in [2.45, 2.75) is 33.0 Å². The van der Waals surface area contributed by atoms with E-state index in [0.717, 1.165) is 16.7 Å². The molecule has 2 N–H and O–H groups in total. The summed E-state index contributed by atoms with van der Waals surface area (Å²) in [5, 5.41) is 16.4. The summed E-state index contributed by atoms with van der Waals surface area (Å²) < 4.78 is 23.4. The number of amides is 1. The van der Waals surface area contributed by atoms with Crippen LogP contribution in [0.25, 0.3) is 11.3 Å². The maximum atomic E-state index is 13.2. The van der Waals surface area contributed by atoms with Crippen molar-refractivity contribution in [3.05, 3.63) is 125 Å². The van der Waals surface area contributed by atoms with Crippen LogP contribution >= 0.6 is 0 Å². The monoisotopic (exact) mass is 592 g/mol. The van der Waals surface area contributed by atoms with Crippen molar-refractivity contribution < 1.29 is 33.4 Å². The second-order valence-corrected chi connectivity index (χ2v) is 10.3. The Labute approximate surface area is 255 Å². The number of benzene rings is 4. The van der Waals surface area contributed by atoms with E-state index in [1.165, 1.54) is 7.11 Å². The molecule has 1 amide bonds. The van der Waals surface area contributed by atoms with E-state index in [2.05, 4.69) is 10.5 Å². The van der Waals surface area contributed by atoms with E-state index in [0.29, 0.717) is 35.0 Å². The summed E-state index contributed by atoms with van der Waals surface area (Å²) in [7, 11) is 1.53. The lowest BCUT2D eigenvalue weighted by atomic mass is 9.97. The van der Waals surface area contributed by atoms with Gasteiger partial charge in [0.05, 0.1) is 12.7 Å². The predicted molar refractivity (Wildman–Crippen MR) is 165 cm³/mol. The van der Waals surface area contributed by atoms with Gasteiger partial charge in [0.15, 0.2) is 5.76 Å². The third kappa shape index (κ3) is 6.90. The second-order valence-electron chi connectivity index (χ2n) is 10.3. The molecule has 9 nitrogen and oxygen atoms in total. The highest BCUT2D eigenvalue weighted by molar-refractivity contribution is 6.09. The van der Waals surface area contributed by atoms with Crippen LogP contribution in [0.4, 0.5) is 5.69 Å². The van der Waals surface area contributed by atoms with Gasteiger partial charge < -0.3 is 29.2 Å². The van der Waals surface area contributed by atoms with Gasteiger partial charge in [-0.25, -0.2) is 4.79 Å². The highest BCUT2D eigenvalue weighted by Crippen LogP contribution is 2.43. The number of aromatic nitrogens is 1. The van der Waals surface area contributed by atoms with Gasteiger partial charge in [-0.05, 0) is 52.9 Å². The molecule has 9 heteroatoms. The molecule has 5 rings (SSSR count). The number of anilines is 1. The SMILES string of the molecule is COc1ccc(C(=O)Nc2c(C(=O)O)noc2-c2cc(C(C)C)c(OCc3ccccc3)cc2OCc2ccccc2)cc1. The Morgan fingerprint density at radius 3 is 1.98 bits per heavy atom. The first kappa shape index (κ1) is 29.9. The second kappa shape index (κ2) is 13.6. The molecule has 5 aromatic rings. The predicted octanol–water partition coefficient (Wildman–Crippen LogP) is 7.58. The molecule has 0 atom stereocenters. The number of carbonyl (C=O) groups is 2. The fourth-order valence-corrected chi connectivity index (χ4v) is 4.59. The normalized spacial score (nSPS) is 10.8. The summed E-state index contributed by atoms with van der Waals surface area (Å²) in [5.74, 6) is -0.283. The summed E-state index contributed by atoms with van der Waals surface area (Å²) in [5.41, 5.74) is 2.95. The molecule has 0 aliphatic rings. The number of carboxylic acids is 1. The molecule has 1 aromatic heterocycles. The standard InChI is InChI=1S/C35H32N2O7/c1-22(2)27-18-28(33-31(32(35(39)40)37-44-33)36-34(38)25-14-16-26(41-3)17-15-25)30(43-21-24-12-8-5-9-13-24)19-29(27)42-20-23-10-6-4-7-11-23/h4-19,22H,20-21H2,1-3H3,(H,36,38)(H,39,40). The van der Waals surface area contributed by atoms with E-state index in [-0.39, 0.29) is 24.0 Å². The van der Waals surface area contributed by atoms with E-state index in [4.69, 9.17) is 18.7 Å². The van der Waals surface area contributed by atoms with Crippen LogP contribution in [-0.2, 0) is 13.2 Å². The number of ether oxygens (including phenoxy) is 3. The van der Waals surface area contributed by atoms with Crippen molar-refractivity contribution in [2.75, 3.05) is 12.4 Å². The first-order valence-electron chi connectivity index (χ1n) is 14.0. The summed E-state index contributed by atoms with van der Waals surface area (Å²) in [6.07, 6.45) is 0. The average Bonchev–Trinajstić information content (AvgIpc) is 3.47. The fraction of sp³-hybridized carbons (Fsp3) is 0.171. The maximum Gasteiger partial charge on any atom is 0.360 e. The first-order chi connectivity index (χ1) is 21.3. The van der Waals surface area contributed by atoms with Crippen molar-refractivity contribution in [3.8, 4) is 28.6 Å². The number of nitrogens with one attached hydrogen (secondary N) is 1. The zero-order valence-corrected chi connectivity index (χ0v) is 24.6. The van der Waals surface area contributed by atoms with Gasteiger partial charge in [0.25, 0.3) is 5.91 Å². The number of carboxylic acid groups (broad SMARTS) is 1. The van der Waals surface area contributed by atoms with E-state index in [1.807, 2.05) is 80.6 Å². The quantitative estimate of drug-likeness (QED) is 0.152. The summed E-state index contributed by atoms with van der Waals surface area (Å²) in [6, 6.07) is 29.5. The minimum Gasteiger partial charge on any atom is -0.497 e. The molecule has 0 aliphatic carbocycles. The molecule has 0 unspecified atom stereocenters. The molecule has 44 heavy (non-hydrogen) atoms. The van der Waals surface area contributed by atoms with Gasteiger partial charge in [-0.3, -0.25) is 4.79 Å². The van der Waals surface area contributed by atoms with Crippen LogP contribution in [0.15, 0.2) is 102 Å². The van der Waals surface area contributed by atoms with Crippen LogP contribution in [0.3, 0.4) is 0 Å². The molecule has 0 saturated heterocycles. The lowest BCUT2D eigenvalue weighted by Gasteiger charge is -2.19. The third-order valence-electron chi connectivity index (χ3n) is 6.94. The van der Waals surface area contributed by atoms with Crippen LogP contribution < -0.4 is 19.5 Å². The fourth-order valence-electron chi connectivity index (χ4n) is 4.59. The average molecular weight is 593 g/mol. The lowest BCUT2D eigenvalue weighted by Crippen LogP contribution is -2.15. The van der Waals surface area contributed by atoms with Gasteiger partial charge in [0.1, 0.15) is 36.1 Å². The minimum absolute atomic E-state index is 0.0157. The van der Waals surface area contributed by atoms with E-state index in [1.54, 1.807) is 30.3 Å². The Hall–Kier alpha value is -5.57. The van der Waals surface area contributed by atoms with Crippen LogP contribution in [0.2, 0.25) is 0 Å². The first-order valence-corrected chi connectivity index (χ1v) is 14.0. The number of hydrogen-bond donors (Lipinski definition) is 2. The van der Waals surface area contributed by atoms with Gasteiger partial charge in [0, 0.05) is 11.6 Å². The Morgan fingerprint density at radius 2 is 1.43 bits per heavy atom. The van der Waals surface area contributed by atoms with Crippen molar-refractivity contribution in [1.82, 2.24) is 5.16 Å². The molecule has 0 saturated carbocycles. The molecule has 4 aromatic carbocycles. The Balaban J connectivity index is 1.58. The van der Waals surface area contributed by atoms with E-state index in [9.17, 15) is 14.7 Å². The molecule has 0 bridgehead atoms.